The topological polar surface area (TPSA) is 12.0 Å². The summed E-state index contributed by atoms with van der Waals surface area (Å²) in [6.45, 7) is 3.36. The minimum absolute atomic E-state index is 0.486. The molecule has 3 heteroatoms. The second kappa shape index (κ2) is 5.64. The van der Waals surface area contributed by atoms with Crippen molar-refractivity contribution in [3.63, 3.8) is 0 Å². The smallest absolute Gasteiger partial charge is 0.0438 e. The Morgan fingerprint density at radius 3 is 2.71 bits per heavy atom. The van der Waals surface area contributed by atoms with Crippen molar-refractivity contribution in [1.82, 2.24) is 5.32 Å². The first-order chi connectivity index (χ1) is 8.15. The van der Waals surface area contributed by atoms with Crippen LogP contribution in [0.2, 0.25) is 5.02 Å². The van der Waals surface area contributed by atoms with Gasteiger partial charge in [0.1, 0.15) is 0 Å². The van der Waals surface area contributed by atoms with Crippen LogP contribution in [-0.2, 0) is 6.42 Å². The van der Waals surface area contributed by atoms with Gasteiger partial charge < -0.3 is 5.32 Å². The Morgan fingerprint density at radius 1 is 1.41 bits per heavy atom. The highest BCUT2D eigenvalue weighted by Crippen LogP contribution is 2.46. The van der Waals surface area contributed by atoms with Gasteiger partial charge in [-0.05, 0) is 44.1 Å². The summed E-state index contributed by atoms with van der Waals surface area (Å²) in [5.41, 5.74) is 1.24. The van der Waals surface area contributed by atoms with E-state index in [4.69, 9.17) is 11.6 Å². The minimum atomic E-state index is 0.486. The Labute approximate surface area is 113 Å². The van der Waals surface area contributed by atoms with E-state index >= 15 is 0 Å². The molecular formula is C14H20ClNS. The molecule has 2 rings (SSSR count). The monoisotopic (exact) mass is 269 g/mol. The molecule has 94 valence electrons. The predicted octanol–water partition coefficient (Wildman–Crippen LogP) is 3.76. The molecule has 1 aromatic carbocycles. The van der Waals surface area contributed by atoms with Crippen LogP contribution < -0.4 is 5.32 Å². The third-order valence-corrected chi connectivity index (χ3v) is 5.28. The quantitative estimate of drug-likeness (QED) is 0.844. The second-order valence-electron chi connectivity index (χ2n) is 4.96. The number of nitrogens with one attached hydrogen (secondary N) is 1. The standard InChI is InChI=1S/C14H20ClNS/c1-11(16-10-14(17-2)7-8-14)9-12-5-3-4-6-13(12)15/h3-6,11,16H,7-10H2,1-2H3. The molecular weight excluding hydrogens is 250 g/mol. The molecule has 0 aromatic heterocycles. The van der Waals surface area contributed by atoms with E-state index in [1.165, 1.54) is 18.4 Å². The zero-order valence-corrected chi connectivity index (χ0v) is 12.1. The molecule has 0 bridgehead atoms. The number of hydrogen-bond acceptors (Lipinski definition) is 2. The number of benzene rings is 1. The van der Waals surface area contributed by atoms with Gasteiger partial charge in [-0.3, -0.25) is 0 Å². The van der Waals surface area contributed by atoms with E-state index < -0.39 is 0 Å². The fraction of sp³-hybridized carbons (Fsp3) is 0.571. The fourth-order valence-corrected chi connectivity index (χ4v) is 2.97. The number of rotatable bonds is 6. The summed E-state index contributed by atoms with van der Waals surface area (Å²) in [4.78, 5) is 0. The molecule has 0 heterocycles. The lowest BCUT2D eigenvalue weighted by Crippen LogP contribution is -2.34. The van der Waals surface area contributed by atoms with Gasteiger partial charge in [0.15, 0.2) is 0 Å². The van der Waals surface area contributed by atoms with Gasteiger partial charge in [0.2, 0.25) is 0 Å². The van der Waals surface area contributed by atoms with E-state index in [2.05, 4.69) is 30.6 Å². The summed E-state index contributed by atoms with van der Waals surface area (Å²) in [6.07, 6.45) is 5.94. The maximum atomic E-state index is 6.17. The molecule has 0 saturated heterocycles. The second-order valence-corrected chi connectivity index (χ2v) is 6.65. The molecule has 1 aliphatic rings. The van der Waals surface area contributed by atoms with Crippen molar-refractivity contribution < 1.29 is 0 Å². The van der Waals surface area contributed by atoms with Crippen molar-refractivity contribution in [2.24, 2.45) is 0 Å². The van der Waals surface area contributed by atoms with Crippen LogP contribution in [0.1, 0.15) is 25.3 Å². The van der Waals surface area contributed by atoms with Gasteiger partial charge in [0.25, 0.3) is 0 Å². The number of thioether (sulfide) groups is 1. The molecule has 1 aliphatic carbocycles. The molecule has 17 heavy (non-hydrogen) atoms. The van der Waals surface area contributed by atoms with E-state index in [0.717, 1.165) is 18.0 Å². The average Bonchev–Trinajstić information content (AvgIpc) is 3.10. The zero-order chi connectivity index (χ0) is 12.3. The third kappa shape index (κ3) is 3.64. The summed E-state index contributed by atoms with van der Waals surface area (Å²) in [5, 5.41) is 4.51. The Hall–Kier alpha value is -0.180. The third-order valence-electron chi connectivity index (χ3n) is 3.50. The summed E-state index contributed by atoms with van der Waals surface area (Å²) in [6, 6.07) is 8.60. The minimum Gasteiger partial charge on any atom is -0.313 e. The van der Waals surface area contributed by atoms with E-state index in [1.54, 1.807) is 0 Å². The van der Waals surface area contributed by atoms with Gasteiger partial charge in [-0.2, -0.15) is 11.8 Å². The molecule has 0 radical (unpaired) electrons. The van der Waals surface area contributed by atoms with Crippen molar-refractivity contribution in [1.29, 1.82) is 0 Å². The highest BCUT2D eigenvalue weighted by atomic mass is 35.5. The lowest BCUT2D eigenvalue weighted by Gasteiger charge is -2.19. The lowest BCUT2D eigenvalue weighted by atomic mass is 10.1. The van der Waals surface area contributed by atoms with Crippen molar-refractivity contribution in [3.05, 3.63) is 34.9 Å². The molecule has 1 fully saturated rings. The SMILES string of the molecule is CSC1(CNC(C)Cc2ccccc2Cl)CC1. The summed E-state index contributed by atoms with van der Waals surface area (Å²) >= 11 is 8.17. The van der Waals surface area contributed by atoms with Crippen LogP contribution in [0.3, 0.4) is 0 Å². The van der Waals surface area contributed by atoms with Gasteiger partial charge in [-0.15, -0.1) is 0 Å². The first-order valence-electron chi connectivity index (χ1n) is 6.17. The molecule has 1 atom stereocenters. The highest BCUT2D eigenvalue weighted by molar-refractivity contribution is 8.00. The fourth-order valence-electron chi connectivity index (χ4n) is 2.02. The number of halogens is 1. The van der Waals surface area contributed by atoms with Crippen LogP contribution in [0.25, 0.3) is 0 Å². The zero-order valence-electron chi connectivity index (χ0n) is 10.5. The molecule has 0 amide bonds. The Bertz CT molecular complexity index is 376. The molecule has 1 aromatic rings. The lowest BCUT2D eigenvalue weighted by molar-refractivity contribution is 0.538. The molecule has 1 N–H and O–H groups in total. The predicted molar refractivity (Wildman–Crippen MR) is 78.1 cm³/mol. The first-order valence-corrected chi connectivity index (χ1v) is 7.77. The van der Waals surface area contributed by atoms with Crippen LogP contribution >= 0.6 is 23.4 Å². The number of hydrogen-bond donors (Lipinski definition) is 1. The van der Waals surface area contributed by atoms with E-state index in [1.807, 2.05) is 23.9 Å². The first kappa shape index (κ1) is 13.3. The molecule has 0 aliphatic heterocycles. The summed E-state index contributed by atoms with van der Waals surface area (Å²) < 4.78 is 0.536. The van der Waals surface area contributed by atoms with E-state index in [0.29, 0.717) is 10.8 Å². The van der Waals surface area contributed by atoms with Crippen molar-refractivity contribution in [2.45, 2.75) is 37.0 Å². The van der Waals surface area contributed by atoms with Crippen LogP contribution in [0.5, 0.6) is 0 Å². The Kier molecular flexibility index (Phi) is 4.40. The Morgan fingerprint density at radius 2 is 2.12 bits per heavy atom. The summed E-state index contributed by atoms with van der Waals surface area (Å²) in [5.74, 6) is 0. The van der Waals surface area contributed by atoms with Gasteiger partial charge in [-0.25, -0.2) is 0 Å². The van der Waals surface area contributed by atoms with Crippen LogP contribution in [0.15, 0.2) is 24.3 Å². The van der Waals surface area contributed by atoms with Crippen molar-refractivity contribution >= 4 is 23.4 Å². The van der Waals surface area contributed by atoms with Crippen LogP contribution in [0.4, 0.5) is 0 Å². The van der Waals surface area contributed by atoms with Gasteiger partial charge in [-0.1, -0.05) is 29.8 Å². The normalized spacial score (nSPS) is 19.0. The van der Waals surface area contributed by atoms with E-state index in [-0.39, 0.29) is 0 Å². The molecule has 1 nitrogen and oxygen atoms in total. The van der Waals surface area contributed by atoms with Gasteiger partial charge in [0, 0.05) is 22.4 Å². The van der Waals surface area contributed by atoms with Gasteiger partial charge in [0.05, 0.1) is 0 Å². The van der Waals surface area contributed by atoms with Crippen molar-refractivity contribution in [2.75, 3.05) is 12.8 Å². The Balaban J connectivity index is 1.81. The highest BCUT2D eigenvalue weighted by Gasteiger charge is 2.41. The molecule has 0 spiro atoms. The molecule has 1 unspecified atom stereocenters. The largest absolute Gasteiger partial charge is 0.313 e. The van der Waals surface area contributed by atoms with Crippen LogP contribution in [0, 0.1) is 0 Å². The maximum Gasteiger partial charge on any atom is 0.0438 e. The van der Waals surface area contributed by atoms with Crippen LogP contribution in [-0.4, -0.2) is 23.6 Å². The van der Waals surface area contributed by atoms with Crippen molar-refractivity contribution in [3.8, 4) is 0 Å². The molecule has 1 saturated carbocycles. The summed E-state index contributed by atoms with van der Waals surface area (Å²) in [7, 11) is 0. The van der Waals surface area contributed by atoms with E-state index in [9.17, 15) is 0 Å². The van der Waals surface area contributed by atoms with Gasteiger partial charge >= 0.3 is 0 Å². The average molecular weight is 270 g/mol. The maximum absolute atomic E-state index is 6.17.